The third-order valence-electron chi connectivity index (χ3n) is 1.71. The highest BCUT2D eigenvalue weighted by atomic mass is 14.7. The van der Waals surface area contributed by atoms with Gasteiger partial charge in [0.05, 0.1) is 0 Å². The van der Waals surface area contributed by atoms with Gasteiger partial charge < -0.3 is 4.98 Å². The van der Waals surface area contributed by atoms with Crippen molar-refractivity contribution in [2.45, 2.75) is 6.92 Å². The van der Waals surface area contributed by atoms with E-state index in [9.17, 15) is 0 Å². The Balaban J connectivity index is 0.000000336. The standard InChI is InChI=1S/C9H9N.C2H2/c1-7-2-3-8-4-5-10-9(8)6-7;1-2/h2-6,10H,1H3;1-2H. The first-order chi connectivity index (χ1) is 5.86. The van der Waals surface area contributed by atoms with Gasteiger partial charge in [0.1, 0.15) is 0 Å². The molecular formula is C11H11N. The fraction of sp³-hybridized carbons (Fsp3) is 0.0909. The quantitative estimate of drug-likeness (QED) is 0.566. The molecule has 1 heterocycles. The maximum atomic E-state index is 4.00. The van der Waals surface area contributed by atoms with Gasteiger partial charge in [-0.1, -0.05) is 12.1 Å². The van der Waals surface area contributed by atoms with Gasteiger partial charge in [-0.2, -0.15) is 0 Å². The van der Waals surface area contributed by atoms with Crippen molar-refractivity contribution in [3.63, 3.8) is 0 Å². The minimum Gasteiger partial charge on any atom is -0.361 e. The molecule has 0 unspecified atom stereocenters. The Kier molecular flexibility index (Phi) is 2.55. The van der Waals surface area contributed by atoms with Crippen molar-refractivity contribution in [2.75, 3.05) is 0 Å². The van der Waals surface area contributed by atoms with Gasteiger partial charge in [0.2, 0.25) is 0 Å². The molecule has 1 nitrogen and oxygen atoms in total. The van der Waals surface area contributed by atoms with Gasteiger partial charge in [-0.15, -0.1) is 12.8 Å². The van der Waals surface area contributed by atoms with E-state index in [1.54, 1.807) is 0 Å². The first-order valence-electron chi connectivity index (χ1n) is 3.73. The Labute approximate surface area is 72.4 Å². The van der Waals surface area contributed by atoms with E-state index in [2.05, 4.69) is 49.0 Å². The minimum absolute atomic E-state index is 1.22. The van der Waals surface area contributed by atoms with E-state index in [0.29, 0.717) is 0 Å². The van der Waals surface area contributed by atoms with Crippen molar-refractivity contribution in [2.24, 2.45) is 0 Å². The topological polar surface area (TPSA) is 15.8 Å². The van der Waals surface area contributed by atoms with Crippen LogP contribution in [0.2, 0.25) is 0 Å². The summed E-state index contributed by atoms with van der Waals surface area (Å²) in [6.45, 7) is 2.10. The van der Waals surface area contributed by atoms with Crippen LogP contribution >= 0.6 is 0 Å². The molecule has 0 saturated carbocycles. The highest BCUT2D eigenvalue weighted by molar-refractivity contribution is 5.79. The molecule has 2 rings (SSSR count). The molecule has 60 valence electrons. The first kappa shape index (κ1) is 8.42. The summed E-state index contributed by atoms with van der Waals surface area (Å²) in [6.07, 6.45) is 9.96. The van der Waals surface area contributed by atoms with Crippen LogP contribution in [0.25, 0.3) is 10.9 Å². The molecule has 0 amide bonds. The van der Waals surface area contributed by atoms with E-state index in [1.807, 2.05) is 6.20 Å². The molecule has 1 N–H and O–H groups in total. The number of hydrogen-bond acceptors (Lipinski definition) is 0. The number of fused-ring (bicyclic) bond motifs is 1. The fourth-order valence-corrected chi connectivity index (χ4v) is 1.16. The third-order valence-corrected chi connectivity index (χ3v) is 1.71. The van der Waals surface area contributed by atoms with Crippen LogP contribution in [0.15, 0.2) is 30.5 Å². The van der Waals surface area contributed by atoms with Gasteiger partial charge in [-0.3, -0.25) is 0 Å². The minimum atomic E-state index is 1.22. The number of benzene rings is 1. The van der Waals surface area contributed by atoms with Crippen molar-refractivity contribution in [3.05, 3.63) is 36.0 Å². The molecule has 12 heavy (non-hydrogen) atoms. The number of aromatic amines is 1. The smallest absolute Gasteiger partial charge is 0.0456 e. The average molecular weight is 157 g/mol. The zero-order valence-corrected chi connectivity index (χ0v) is 7.04. The van der Waals surface area contributed by atoms with Gasteiger partial charge in [-0.05, 0) is 30.0 Å². The van der Waals surface area contributed by atoms with Crippen molar-refractivity contribution < 1.29 is 0 Å². The van der Waals surface area contributed by atoms with Crippen molar-refractivity contribution in [1.82, 2.24) is 4.98 Å². The fourth-order valence-electron chi connectivity index (χ4n) is 1.16. The van der Waals surface area contributed by atoms with Crippen LogP contribution in [-0.2, 0) is 0 Å². The summed E-state index contributed by atoms with van der Waals surface area (Å²) in [6, 6.07) is 8.47. The number of H-pyrrole nitrogens is 1. The SMILES string of the molecule is C#C.Cc1ccc2cc[nH]c2c1. The molecule has 0 spiro atoms. The molecule has 1 aromatic heterocycles. The predicted molar refractivity (Wildman–Crippen MR) is 52.9 cm³/mol. The Morgan fingerprint density at radius 2 is 1.92 bits per heavy atom. The largest absolute Gasteiger partial charge is 0.361 e. The maximum absolute atomic E-state index is 4.00. The summed E-state index contributed by atoms with van der Waals surface area (Å²) < 4.78 is 0. The molecule has 0 aliphatic heterocycles. The molecule has 2 aromatic rings. The summed E-state index contributed by atoms with van der Waals surface area (Å²) in [5, 5.41) is 1.28. The molecule has 0 radical (unpaired) electrons. The zero-order chi connectivity index (χ0) is 8.97. The number of hydrogen-bond donors (Lipinski definition) is 1. The van der Waals surface area contributed by atoms with E-state index >= 15 is 0 Å². The van der Waals surface area contributed by atoms with Crippen molar-refractivity contribution in [1.29, 1.82) is 0 Å². The van der Waals surface area contributed by atoms with Crippen LogP contribution in [0.4, 0.5) is 0 Å². The second-order valence-corrected chi connectivity index (χ2v) is 2.57. The summed E-state index contributed by atoms with van der Waals surface area (Å²) in [5.41, 5.74) is 2.52. The summed E-state index contributed by atoms with van der Waals surface area (Å²) in [4.78, 5) is 3.16. The van der Waals surface area contributed by atoms with E-state index in [-0.39, 0.29) is 0 Å². The highest BCUT2D eigenvalue weighted by Gasteiger charge is 1.90. The van der Waals surface area contributed by atoms with Crippen LogP contribution < -0.4 is 0 Å². The molecule has 0 atom stereocenters. The van der Waals surface area contributed by atoms with Crippen LogP contribution in [0.1, 0.15) is 5.56 Å². The second-order valence-electron chi connectivity index (χ2n) is 2.57. The number of rotatable bonds is 0. The molecule has 0 aliphatic carbocycles. The lowest BCUT2D eigenvalue weighted by Gasteiger charge is -1.90. The van der Waals surface area contributed by atoms with E-state index in [0.717, 1.165) is 0 Å². The third kappa shape index (κ3) is 1.49. The Bertz CT molecular complexity index is 382. The van der Waals surface area contributed by atoms with Crippen LogP contribution in [0, 0.1) is 19.8 Å². The first-order valence-corrected chi connectivity index (χ1v) is 3.73. The molecule has 1 aromatic carbocycles. The molecule has 0 bridgehead atoms. The van der Waals surface area contributed by atoms with E-state index < -0.39 is 0 Å². The van der Waals surface area contributed by atoms with Crippen molar-refractivity contribution >= 4 is 10.9 Å². The van der Waals surface area contributed by atoms with Gasteiger partial charge in [0.15, 0.2) is 0 Å². The van der Waals surface area contributed by atoms with Gasteiger partial charge in [0.25, 0.3) is 0 Å². The normalized spacial score (nSPS) is 8.92. The number of nitrogens with one attached hydrogen (secondary N) is 1. The van der Waals surface area contributed by atoms with Gasteiger partial charge in [0, 0.05) is 11.7 Å². The monoisotopic (exact) mass is 157 g/mol. The number of aryl methyl sites for hydroxylation is 1. The molecular weight excluding hydrogens is 146 g/mol. The Hall–Kier alpha value is -1.68. The van der Waals surface area contributed by atoms with E-state index in [1.165, 1.54) is 16.5 Å². The Morgan fingerprint density at radius 3 is 2.67 bits per heavy atom. The van der Waals surface area contributed by atoms with E-state index in [4.69, 9.17) is 0 Å². The van der Waals surface area contributed by atoms with Crippen LogP contribution in [0.3, 0.4) is 0 Å². The maximum Gasteiger partial charge on any atom is 0.0456 e. The number of terminal acetylenes is 1. The summed E-state index contributed by atoms with van der Waals surface area (Å²) in [7, 11) is 0. The lowest BCUT2D eigenvalue weighted by Crippen LogP contribution is -1.70. The second kappa shape index (κ2) is 3.64. The van der Waals surface area contributed by atoms with Gasteiger partial charge in [-0.25, -0.2) is 0 Å². The molecule has 0 fully saturated rings. The molecule has 0 saturated heterocycles. The highest BCUT2D eigenvalue weighted by Crippen LogP contribution is 2.12. The van der Waals surface area contributed by atoms with Crippen LogP contribution in [-0.4, -0.2) is 4.98 Å². The number of aromatic nitrogens is 1. The lowest BCUT2D eigenvalue weighted by atomic mass is 10.2. The lowest BCUT2D eigenvalue weighted by molar-refractivity contribution is 1.44. The summed E-state index contributed by atoms with van der Waals surface area (Å²) in [5.74, 6) is 0. The molecule has 1 heteroatoms. The summed E-state index contributed by atoms with van der Waals surface area (Å²) >= 11 is 0. The average Bonchev–Trinajstić information content (AvgIpc) is 2.54. The molecule has 0 aliphatic rings. The zero-order valence-electron chi connectivity index (χ0n) is 7.04. The van der Waals surface area contributed by atoms with Gasteiger partial charge >= 0.3 is 0 Å². The van der Waals surface area contributed by atoms with Crippen LogP contribution in [0.5, 0.6) is 0 Å². The Morgan fingerprint density at radius 1 is 1.17 bits per heavy atom. The predicted octanol–water partition coefficient (Wildman–Crippen LogP) is 2.73. The van der Waals surface area contributed by atoms with Crippen molar-refractivity contribution in [3.8, 4) is 12.8 Å².